The number of hydrogen-bond donors (Lipinski definition) is 1. The second-order valence-corrected chi connectivity index (χ2v) is 4.78. The van der Waals surface area contributed by atoms with Gasteiger partial charge in [0.05, 0.1) is 6.10 Å². The molecule has 1 aliphatic rings. The SMILES string of the molecule is CC(C)CN(C)CC1CCC(C(=O)O)O1. The third-order valence-electron chi connectivity index (χ3n) is 2.58. The van der Waals surface area contributed by atoms with Crippen LogP contribution in [0.5, 0.6) is 0 Å². The number of carboxylic acid groups (broad SMARTS) is 1. The van der Waals surface area contributed by atoms with E-state index in [2.05, 4.69) is 25.8 Å². The zero-order valence-electron chi connectivity index (χ0n) is 9.77. The molecule has 0 spiro atoms. The molecule has 4 heteroatoms. The van der Waals surface area contributed by atoms with Crippen LogP contribution in [0.3, 0.4) is 0 Å². The molecule has 0 radical (unpaired) electrons. The van der Waals surface area contributed by atoms with E-state index in [-0.39, 0.29) is 6.10 Å². The molecule has 1 fully saturated rings. The van der Waals surface area contributed by atoms with Gasteiger partial charge in [0.1, 0.15) is 0 Å². The fraction of sp³-hybridized carbons (Fsp3) is 0.909. The zero-order valence-corrected chi connectivity index (χ0v) is 9.77. The van der Waals surface area contributed by atoms with Crippen molar-refractivity contribution in [3.8, 4) is 0 Å². The Balaban J connectivity index is 2.26. The minimum Gasteiger partial charge on any atom is -0.479 e. The summed E-state index contributed by atoms with van der Waals surface area (Å²) in [6.45, 7) is 6.21. The molecule has 2 unspecified atom stereocenters. The molecule has 0 aromatic carbocycles. The second-order valence-electron chi connectivity index (χ2n) is 4.78. The number of carboxylic acids is 1. The molecule has 1 rings (SSSR count). The molecule has 15 heavy (non-hydrogen) atoms. The maximum atomic E-state index is 10.7. The van der Waals surface area contributed by atoms with Crippen molar-refractivity contribution in [2.45, 2.75) is 38.9 Å². The lowest BCUT2D eigenvalue weighted by molar-refractivity contribution is -0.149. The number of hydrogen-bond acceptors (Lipinski definition) is 3. The number of aliphatic carboxylic acids is 1. The van der Waals surface area contributed by atoms with Crippen LogP contribution >= 0.6 is 0 Å². The molecular formula is C11H21NO3. The van der Waals surface area contributed by atoms with Gasteiger partial charge in [0.2, 0.25) is 0 Å². The molecule has 1 aliphatic heterocycles. The minimum absolute atomic E-state index is 0.0925. The van der Waals surface area contributed by atoms with Crippen molar-refractivity contribution in [1.82, 2.24) is 4.90 Å². The summed E-state index contributed by atoms with van der Waals surface area (Å²) in [6, 6.07) is 0. The molecule has 1 saturated heterocycles. The van der Waals surface area contributed by atoms with E-state index in [4.69, 9.17) is 9.84 Å². The van der Waals surface area contributed by atoms with Gasteiger partial charge in [-0.15, -0.1) is 0 Å². The summed E-state index contributed by atoms with van der Waals surface area (Å²) in [4.78, 5) is 12.9. The van der Waals surface area contributed by atoms with Crippen molar-refractivity contribution in [1.29, 1.82) is 0 Å². The van der Waals surface area contributed by atoms with Crippen molar-refractivity contribution in [2.24, 2.45) is 5.92 Å². The molecule has 4 nitrogen and oxygen atoms in total. The van der Waals surface area contributed by atoms with Crippen LogP contribution in [0.15, 0.2) is 0 Å². The number of carbonyl (C=O) groups is 1. The van der Waals surface area contributed by atoms with E-state index in [0.29, 0.717) is 12.3 Å². The summed E-state index contributed by atoms with van der Waals surface area (Å²) < 4.78 is 5.43. The van der Waals surface area contributed by atoms with Gasteiger partial charge in [0, 0.05) is 13.1 Å². The van der Waals surface area contributed by atoms with E-state index in [1.54, 1.807) is 0 Å². The van der Waals surface area contributed by atoms with Crippen LogP contribution in [0.25, 0.3) is 0 Å². The Morgan fingerprint density at radius 2 is 2.20 bits per heavy atom. The molecule has 0 amide bonds. The number of nitrogens with zero attached hydrogens (tertiary/aromatic N) is 1. The lowest BCUT2D eigenvalue weighted by atomic mass is 10.1. The molecule has 0 aromatic rings. The van der Waals surface area contributed by atoms with Crippen LogP contribution in [-0.2, 0) is 9.53 Å². The van der Waals surface area contributed by atoms with Gasteiger partial charge in [-0.2, -0.15) is 0 Å². The van der Waals surface area contributed by atoms with E-state index >= 15 is 0 Å². The predicted octanol–water partition coefficient (Wildman–Crippen LogP) is 1.21. The molecule has 0 bridgehead atoms. The highest BCUT2D eigenvalue weighted by molar-refractivity contribution is 5.72. The fourth-order valence-electron chi connectivity index (χ4n) is 2.07. The lowest BCUT2D eigenvalue weighted by Gasteiger charge is -2.22. The molecule has 2 atom stereocenters. The molecular weight excluding hydrogens is 194 g/mol. The maximum absolute atomic E-state index is 10.7. The summed E-state index contributed by atoms with van der Waals surface area (Å²) in [5.74, 6) is -0.198. The van der Waals surface area contributed by atoms with Crippen LogP contribution < -0.4 is 0 Å². The Hall–Kier alpha value is -0.610. The first-order chi connectivity index (χ1) is 6.99. The molecule has 1 N–H and O–H groups in total. The highest BCUT2D eigenvalue weighted by atomic mass is 16.5. The maximum Gasteiger partial charge on any atom is 0.332 e. The molecule has 0 aliphatic carbocycles. The van der Waals surface area contributed by atoms with Crippen molar-refractivity contribution >= 4 is 5.97 Å². The van der Waals surface area contributed by atoms with Gasteiger partial charge in [-0.25, -0.2) is 4.79 Å². The average molecular weight is 215 g/mol. The van der Waals surface area contributed by atoms with E-state index < -0.39 is 12.1 Å². The van der Waals surface area contributed by atoms with Gasteiger partial charge in [0.15, 0.2) is 6.10 Å². The van der Waals surface area contributed by atoms with E-state index in [0.717, 1.165) is 19.5 Å². The summed E-state index contributed by atoms with van der Waals surface area (Å²) >= 11 is 0. The van der Waals surface area contributed by atoms with Gasteiger partial charge in [-0.3, -0.25) is 0 Å². The standard InChI is InChI=1S/C11H21NO3/c1-8(2)6-12(3)7-9-4-5-10(15-9)11(13)14/h8-10H,4-7H2,1-3H3,(H,13,14). The number of rotatable bonds is 5. The van der Waals surface area contributed by atoms with Crippen LogP contribution in [0.2, 0.25) is 0 Å². The topological polar surface area (TPSA) is 49.8 Å². The highest BCUT2D eigenvalue weighted by Gasteiger charge is 2.30. The van der Waals surface area contributed by atoms with E-state index in [1.807, 2.05) is 0 Å². The Morgan fingerprint density at radius 1 is 1.53 bits per heavy atom. The fourth-order valence-corrected chi connectivity index (χ4v) is 2.07. The Kier molecular flexibility index (Phi) is 4.54. The first kappa shape index (κ1) is 12.5. The molecule has 88 valence electrons. The van der Waals surface area contributed by atoms with Crippen LogP contribution in [-0.4, -0.2) is 48.3 Å². The van der Waals surface area contributed by atoms with Gasteiger partial charge < -0.3 is 14.7 Å². The Bertz CT molecular complexity index is 218. The molecule has 0 saturated carbocycles. The third-order valence-corrected chi connectivity index (χ3v) is 2.58. The second kappa shape index (κ2) is 5.47. The van der Waals surface area contributed by atoms with Crippen LogP contribution in [0.1, 0.15) is 26.7 Å². The van der Waals surface area contributed by atoms with Crippen molar-refractivity contribution in [2.75, 3.05) is 20.1 Å². The summed E-state index contributed by atoms with van der Waals surface area (Å²) in [5.41, 5.74) is 0. The first-order valence-electron chi connectivity index (χ1n) is 5.56. The summed E-state index contributed by atoms with van der Waals surface area (Å²) in [6.07, 6.45) is 1.02. The number of ether oxygens (including phenoxy) is 1. The van der Waals surface area contributed by atoms with Gasteiger partial charge in [-0.05, 0) is 25.8 Å². The van der Waals surface area contributed by atoms with E-state index in [1.165, 1.54) is 0 Å². The predicted molar refractivity (Wildman–Crippen MR) is 57.9 cm³/mol. The largest absolute Gasteiger partial charge is 0.479 e. The van der Waals surface area contributed by atoms with Crippen molar-refractivity contribution in [3.05, 3.63) is 0 Å². The first-order valence-corrected chi connectivity index (χ1v) is 5.56. The van der Waals surface area contributed by atoms with Crippen molar-refractivity contribution < 1.29 is 14.6 Å². The monoisotopic (exact) mass is 215 g/mol. The smallest absolute Gasteiger partial charge is 0.332 e. The van der Waals surface area contributed by atoms with E-state index in [9.17, 15) is 4.79 Å². The number of likely N-dealkylation sites (N-methyl/N-ethyl adjacent to an activating group) is 1. The highest BCUT2D eigenvalue weighted by Crippen LogP contribution is 2.20. The van der Waals surface area contributed by atoms with Crippen molar-refractivity contribution in [3.63, 3.8) is 0 Å². The van der Waals surface area contributed by atoms with Gasteiger partial charge in [0.25, 0.3) is 0 Å². The lowest BCUT2D eigenvalue weighted by Crippen LogP contribution is -2.32. The average Bonchev–Trinajstić information content (AvgIpc) is 2.50. The third kappa shape index (κ3) is 4.18. The van der Waals surface area contributed by atoms with Crippen LogP contribution in [0, 0.1) is 5.92 Å². The quantitative estimate of drug-likeness (QED) is 0.749. The van der Waals surface area contributed by atoms with Gasteiger partial charge >= 0.3 is 5.97 Å². The van der Waals surface area contributed by atoms with Crippen LogP contribution in [0.4, 0.5) is 0 Å². The zero-order chi connectivity index (χ0) is 11.4. The Labute approximate surface area is 91.2 Å². The molecule has 1 heterocycles. The summed E-state index contributed by atoms with van der Waals surface area (Å²) in [5, 5.41) is 8.77. The van der Waals surface area contributed by atoms with Gasteiger partial charge in [-0.1, -0.05) is 13.8 Å². The minimum atomic E-state index is -0.830. The Morgan fingerprint density at radius 3 is 2.67 bits per heavy atom. The molecule has 0 aromatic heterocycles. The normalized spacial score (nSPS) is 26.5. The summed E-state index contributed by atoms with van der Waals surface area (Å²) in [7, 11) is 2.05.